The molecule has 1 unspecified atom stereocenters. The van der Waals surface area contributed by atoms with Gasteiger partial charge >= 0.3 is 0 Å². The predicted octanol–water partition coefficient (Wildman–Crippen LogP) is 3.25. The van der Waals surface area contributed by atoms with E-state index in [1.54, 1.807) is 24.3 Å². The molecule has 1 amide bonds. The molecule has 0 aromatic heterocycles. The number of ketones is 1. The number of carbonyl (C=O) groups is 2. The van der Waals surface area contributed by atoms with E-state index < -0.39 is 17.7 Å². The van der Waals surface area contributed by atoms with Crippen LogP contribution in [-0.2, 0) is 9.59 Å². The van der Waals surface area contributed by atoms with E-state index in [1.807, 2.05) is 30.3 Å². The van der Waals surface area contributed by atoms with E-state index in [2.05, 4.69) is 15.9 Å². The summed E-state index contributed by atoms with van der Waals surface area (Å²) in [6, 6.07) is 15.3. The first-order chi connectivity index (χ1) is 12.5. The van der Waals surface area contributed by atoms with Crippen molar-refractivity contribution in [2.75, 3.05) is 13.2 Å². The van der Waals surface area contributed by atoms with Crippen molar-refractivity contribution in [2.45, 2.75) is 12.5 Å². The third-order valence-corrected chi connectivity index (χ3v) is 4.86. The molecule has 2 aromatic rings. The average molecular weight is 416 g/mol. The van der Waals surface area contributed by atoms with Crippen LogP contribution in [0.15, 0.2) is 64.6 Å². The van der Waals surface area contributed by atoms with Crippen LogP contribution in [0.4, 0.5) is 0 Å². The third-order valence-electron chi connectivity index (χ3n) is 4.33. The van der Waals surface area contributed by atoms with Gasteiger partial charge in [0.2, 0.25) is 0 Å². The highest BCUT2D eigenvalue weighted by Gasteiger charge is 2.45. The number of likely N-dealkylation sites (tertiary alicyclic amines) is 1. The minimum atomic E-state index is -0.711. The summed E-state index contributed by atoms with van der Waals surface area (Å²) in [7, 11) is 0. The molecule has 0 aliphatic carbocycles. The molecular weight excluding hydrogens is 398 g/mol. The number of Topliss-reactive ketones (excluding diaryl/α,β-unsaturated/α-hetero) is 1. The van der Waals surface area contributed by atoms with Gasteiger partial charge in [-0.3, -0.25) is 9.59 Å². The Morgan fingerprint density at radius 3 is 2.31 bits per heavy atom. The van der Waals surface area contributed by atoms with Crippen LogP contribution in [0.3, 0.4) is 0 Å². The van der Waals surface area contributed by atoms with Gasteiger partial charge in [0, 0.05) is 23.2 Å². The summed E-state index contributed by atoms with van der Waals surface area (Å²) in [6.45, 7) is 0.148. The first kappa shape index (κ1) is 18.4. The molecule has 0 bridgehead atoms. The first-order valence-electron chi connectivity index (χ1n) is 8.24. The highest BCUT2D eigenvalue weighted by Crippen LogP contribution is 2.39. The second-order valence-corrected chi connectivity index (χ2v) is 6.90. The minimum absolute atomic E-state index is 0.0708. The first-order valence-corrected chi connectivity index (χ1v) is 9.04. The number of hydrogen-bond acceptors (Lipinski definition) is 4. The third kappa shape index (κ3) is 3.43. The lowest BCUT2D eigenvalue weighted by Crippen LogP contribution is -2.31. The van der Waals surface area contributed by atoms with Crippen molar-refractivity contribution in [3.05, 3.63) is 75.8 Å². The maximum Gasteiger partial charge on any atom is 0.295 e. The van der Waals surface area contributed by atoms with Gasteiger partial charge in [-0.1, -0.05) is 58.4 Å². The Balaban J connectivity index is 2.14. The summed E-state index contributed by atoms with van der Waals surface area (Å²) in [5.74, 6) is -1.57. The summed E-state index contributed by atoms with van der Waals surface area (Å²) >= 11 is 3.34. The highest BCUT2D eigenvalue weighted by molar-refractivity contribution is 9.10. The summed E-state index contributed by atoms with van der Waals surface area (Å²) in [6.07, 6.45) is 0.356. The fourth-order valence-electron chi connectivity index (χ4n) is 3.10. The molecule has 0 saturated carbocycles. The largest absolute Gasteiger partial charge is 0.507 e. The van der Waals surface area contributed by atoms with Crippen molar-refractivity contribution in [3.8, 4) is 0 Å². The number of amides is 1. The van der Waals surface area contributed by atoms with Crippen molar-refractivity contribution in [2.24, 2.45) is 0 Å². The molecule has 6 heteroatoms. The van der Waals surface area contributed by atoms with Crippen LogP contribution in [-0.4, -0.2) is 40.0 Å². The van der Waals surface area contributed by atoms with Crippen molar-refractivity contribution < 1.29 is 19.8 Å². The van der Waals surface area contributed by atoms with E-state index in [9.17, 15) is 14.7 Å². The number of benzene rings is 2. The Bertz CT molecular complexity index is 846. The van der Waals surface area contributed by atoms with E-state index in [0.717, 1.165) is 10.0 Å². The lowest BCUT2D eigenvalue weighted by molar-refractivity contribution is -0.140. The zero-order valence-corrected chi connectivity index (χ0v) is 15.5. The monoisotopic (exact) mass is 415 g/mol. The Morgan fingerprint density at radius 1 is 1.04 bits per heavy atom. The smallest absolute Gasteiger partial charge is 0.295 e. The normalized spacial score (nSPS) is 19.2. The number of aliphatic hydroxyl groups excluding tert-OH is 2. The van der Waals surface area contributed by atoms with Crippen molar-refractivity contribution in [1.29, 1.82) is 0 Å². The van der Waals surface area contributed by atoms with Crippen molar-refractivity contribution in [1.82, 2.24) is 4.90 Å². The molecule has 1 aliphatic rings. The minimum Gasteiger partial charge on any atom is -0.507 e. The number of carbonyl (C=O) groups excluding carboxylic acids is 2. The molecule has 1 aliphatic heterocycles. The fourth-order valence-corrected chi connectivity index (χ4v) is 3.36. The summed E-state index contributed by atoms with van der Waals surface area (Å²) in [5.41, 5.74) is 1.28. The lowest BCUT2D eigenvalue weighted by Gasteiger charge is -2.25. The van der Waals surface area contributed by atoms with Crippen LogP contribution in [0, 0.1) is 0 Å². The molecule has 5 nitrogen and oxygen atoms in total. The zero-order valence-electron chi connectivity index (χ0n) is 13.9. The van der Waals surface area contributed by atoms with E-state index in [0.29, 0.717) is 12.0 Å². The van der Waals surface area contributed by atoms with Crippen molar-refractivity contribution >= 4 is 33.4 Å². The van der Waals surface area contributed by atoms with Gasteiger partial charge in [-0.15, -0.1) is 0 Å². The van der Waals surface area contributed by atoms with Crippen LogP contribution in [0.5, 0.6) is 0 Å². The van der Waals surface area contributed by atoms with Gasteiger partial charge in [0.25, 0.3) is 11.7 Å². The summed E-state index contributed by atoms with van der Waals surface area (Å²) in [4.78, 5) is 26.6. The van der Waals surface area contributed by atoms with Gasteiger partial charge in [0.15, 0.2) is 0 Å². The van der Waals surface area contributed by atoms with E-state index in [1.165, 1.54) is 4.90 Å². The molecule has 1 fully saturated rings. The summed E-state index contributed by atoms with van der Waals surface area (Å²) < 4.78 is 0.844. The molecule has 1 heterocycles. The van der Waals surface area contributed by atoms with Gasteiger partial charge in [0.05, 0.1) is 11.6 Å². The SMILES string of the molecule is O=C1C(=O)N(CCCO)C(c2ccccc2)C1=C(O)c1ccc(Br)cc1. The van der Waals surface area contributed by atoms with E-state index in [4.69, 9.17) is 5.11 Å². The maximum atomic E-state index is 12.7. The molecular formula is C20H18BrNO4. The Kier molecular flexibility index (Phi) is 5.54. The lowest BCUT2D eigenvalue weighted by atomic mass is 9.95. The second-order valence-electron chi connectivity index (χ2n) is 5.99. The molecule has 1 saturated heterocycles. The number of aliphatic hydroxyl groups is 2. The fraction of sp³-hybridized carbons (Fsp3) is 0.200. The zero-order chi connectivity index (χ0) is 18.7. The molecule has 2 aromatic carbocycles. The standard InChI is InChI=1S/C20H18BrNO4/c21-15-9-7-14(8-10-15)18(24)16-17(13-5-2-1-3-6-13)22(11-4-12-23)20(26)19(16)25/h1-3,5-10,17,23-24H,4,11-12H2. The van der Waals surface area contributed by atoms with Crippen LogP contribution < -0.4 is 0 Å². The maximum absolute atomic E-state index is 12.7. The molecule has 134 valence electrons. The molecule has 0 radical (unpaired) electrons. The van der Waals surface area contributed by atoms with Gasteiger partial charge in [-0.05, 0) is 24.1 Å². The van der Waals surface area contributed by atoms with Gasteiger partial charge < -0.3 is 15.1 Å². The van der Waals surface area contributed by atoms with Gasteiger partial charge in [0.1, 0.15) is 5.76 Å². The Labute approximate surface area is 159 Å². The quantitative estimate of drug-likeness (QED) is 0.446. The van der Waals surface area contributed by atoms with Gasteiger partial charge in [-0.2, -0.15) is 0 Å². The molecule has 1 atom stereocenters. The van der Waals surface area contributed by atoms with Crippen LogP contribution in [0.25, 0.3) is 5.76 Å². The number of halogens is 1. The van der Waals surface area contributed by atoms with E-state index in [-0.39, 0.29) is 24.5 Å². The van der Waals surface area contributed by atoms with Crippen molar-refractivity contribution in [3.63, 3.8) is 0 Å². The second kappa shape index (κ2) is 7.85. The Hall–Kier alpha value is -2.44. The van der Waals surface area contributed by atoms with Crippen LogP contribution in [0.1, 0.15) is 23.6 Å². The molecule has 0 spiro atoms. The average Bonchev–Trinajstić information content (AvgIpc) is 2.91. The number of rotatable bonds is 5. The van der Waals surface area contributed by atoms with Crippen LogP contribution in [0.2, 0.25) is 0 Å². The molecule has 2 N–H and O–H groups in total. The topological polar surface area (TPSA) is 77.8 Å². The summed E-state index contributed by atoms with van der Waals surface area (Å²) in [5, 5.41) is 19.9. The van der Waals surface area contributed by atoms with E-state index >= 15 is 0 Å². The van der Waals surface area contributed by atoms with Crippen LogP contribution >= 0.6 is 15.9 Å². The highest BCUT2D eigenvalue weighted by atomic mass is 79.9. The number of nitrogens with zero attached hydrogens (tertiary/aromatic N) is 1. The predicted molar refractivity (Wildman–Crippen MR) is 101 cm³/mol. The molecule has 26 heavy (non-hydrogen) atoms. The number of hydrogen-bond donors (Lipinski definition) is 2. The molecule has 3 rings (SSSR count). The van der Waals surface area contributed by atoms with Gasteiger partial charge in [-0.25, -0.2) is 0 Å². The Morgan fingerprint density at radius 2 is 1.69 bits per heavy atom.